The summed E-state index contributed by atoms with van der Waals surface area (Å²) < 4.78 is 149. The Bertz CT molecular complexity index is 2190. The van der Waals surface area contributed by atoms with Gasteiger partial charge in [0.2, 0.25) is 5.91 Å². The SMILES string of the molecule is CCCCOC(=O)CCCCCCCCCCCCCC(CCCCCCCCCCCCCC(=O)OCCCC)(C(=O)NCCOCCOCCOCCOCCOCCOCCOCCOCCOCCOCCOCCOCCOCCOCCOCCOCCOCCOCCOCCOCCOCCOCCOCCOCCC(=O)O)C(=O)OCCCC. The molecule has 0 saturated heterocycles. The van der Waals surface area contributed by atoms with E-state index in [1.807, 2.05) is 0 Å². The lowest BCUT2D eigenvalue weighted by atomic mass is 9.76. The maximum Gasteiger partial charge on any atom is 0.321 e. The smallest absolute Gasteiger partial charge is 0.321 e. The van der Waals surface area contributed by atoms with Crippen molar-refractivity contribution in [2.75, 3.05) is 343 Å². The Balaban J connectivity index is 3.79. The zero-order valence-electron chi connectivity index (χ0n) is 80.1. The van der Waals surface area contributed by atoms with Crippen molar-refractivity contribution in [3.63, 3.8) is 0 Å². The Morgan fingerprint density at radius 1 is 0.195 bits per heavy atom. The standard InChI is InChI=1S/C94H181NO33/c1-4-7-38-126-90(98)32-28-24-20-16-12-10-14-18-22-26-30-35-94(93(101)128-40-9-6-3,36-31-27-23-19-15-11-13-17-21-25-29-33-91(99)127-39-8-5-2)92(100)95-37-42-103-44-46-105-48-50-107-52-54-109-56-58-111-60-62-113-64-66-115-68-70-117-72-74-119-76-78-121-80-82-123-84-86-125-88-87-124-85-83-122-81-79-120-77-75-118-73-71-116-69-67-114-65-63-112-61-59-110-57-55-108-53-51-106-49-47-104-45-43-102-41-34-89(96)97/h4-88H2,1-3H3,(H,95,100)(H,96,97). The molecule has 0 rings (SSSR count). The number of aliphatic carboxylic acids is 1. The number of hydrogen-bond acceptors (Lipinski definition) is 32. The minimum absolute atomic E-state index is 0.0136. The molecule has 0 aromatic carbocycles. The number of ether oxygens (including phenoxy) is 27. The fraction of sp³-hybridized carbons (Fsp3) is 0.947. The Hall–Kier alpha value is -3.61. The predicted molar refractivity (Wildman–Crippen MR) is 485 cm³/mol. The Labute approximate surface area is 770 Å². The highest BCUT2D eigenvalue weighted by molar-refractivity contribution is 6.02. The molecule has 0 aromatic heterocycles. The molecule has 0 bridgehead atoms. The van der Waals surface area contributed by atoms with Crippen LogP contribution in [0.4, 0.5) is 0 Å². The number of esters is 3. The molecule has 2 N–H and O–H groups in total. The van der Waals surface area contributed by atoms with E-state index in [2.05, 4.69) is 26.1 Å². The molecule has 0 spiro atoms. The third kappa shape index (κ3) is 98.4. The summed E-state index contributed by atoms with van der Waals surface area (Å²) in [5.74, 6) is -1.68. The van der Waals surface area contributed by atoms with Gasteiger partial charge in [0.15, 0.2) is 0 Å². The summed E-state index contributed by atoms with van der Waals surface area (Å²) in [6.07, 6.45) is 31.1. The van der Waals surface area contributed by atoms with Crippen molar-refractivity contribution in [3.8, 4) is 0 Å². The van der Waals surface area contributed by atoms with Gasteiger partial charge in [0.05, 0.1) is 343 Å². The average molecular weight is 1850 g/mol. The van der Waals surface area contributed by atoms with Gasteiger partial charge in [-0.05, 0) is 44.9 Å². The molecule has 0 radical (unpaired) electrons. The Kier molecular flexibility index (Phi) is 106. The first-order valence-corrected chi connectivity index (χ1v) is 49.1. The molecule has 0 heterocycles. The monoisotopic (exact) mass is 1850 g/mol. The minimum Gasteiger partial charge on any atom is -0.481 e. The summed E-state index contributed by atoms with van der Waals surface area (Å²) in [7, 11) is 0. The summed E-state index contributed by atoms with van der Waals surface area (Å²) in [6.45, 7) is 29.2. The lowest BCUT2D eigenvalue weighted by Gasteiger charge is -2.31. The number of rotatable bonds is 114. The number of carboxylic acids is 1. The molecule has 0 aliphatic carbocycles. The van der Waals surface area contributed by atoms with Crippen molar-refractivity contribution >= 4 is 29.8 Å². The highest BCUT2D eigenvalue weighted by Gasteiger charge is 2.46. The number of nitrogens with one attached hydrogen (secondary N) is 1. The predicted octanol–water partition coefficient (Wildman–Crippen LogP) is 12.1. The van der Waals surface area contributed by atoms with E-state index in [9.17, 15) is 24.0 Å². The summed E-state index contributed by atoms with van der Waals surface area (Å²) >= 11 is 0. The minimum atomic E-state index is -1.24. The number of carbonyl (C=O) groups is 5. The van der Waals surface area contributed by atoms with Crippen LogP contribution in [-0.4, -0.2) is 378 Å². The first-order valence-electron chi connectivity index (χ1n) is 49.1. The van der Waals surface area contributed by atoms with Crippen molar-refractivity contribution in [3.05, 3.63) is 0 Å². The van der Waals surface area contributed by atoms with E-state index in [-0.39, 0.29) is 37.4 Å². The van der Waals surface area contributed by atoms with Gasteiger partial charge in [0.25, 0.3) is 0 Å². The molecular weight excluding hydrogens is 1670 g/mol. The summed E-state index contributed by atoms with van der Waals surface area (Å²) in [5, 5.41) is 11.6. The van der Waals surface area contributed by atoms with Gasteiger partial charge in [-0.15, -0.1) is 0 Å². The largest absolute Gasteiger partial charge is 0.481 e. The summed E-state index contributed by atoms with van der Waals surface area (Å²) in [4.78, 5) is 62.6. The number of hydrogen-bond donors (Lipinski definition) is 2. The highest BCUT2D eigenvalue weighted by Crippen LogP contribution is 2.35. The quantitative estimate of drug-likeness (QED) is 0.0247. The molecule has 1 amide bonds. The molecular formula is C94H181NO33. The average Bonchev–Trinajstić information content (AvgIpc) is 0.808. The van der Waals surface area contributed by atoms with Crippen LogP contribution in [0.2, 0.25) is 0 Å². The van der Waals surface area contributed by atoms with Crippen LogP contribution in [0.3, 0.4) is 0 Å². The van der Waals surface area contributed by atoms with Crippen LogP contribution in [0.5, 0.6) is 0 Å². The summed E-state index contributed by atoms with van der Waals surface area (Å²) in [5.41, 5.74) is -1.24. The third-order valence-corrected chi connectivity index (χ3v) is 19.6. The van der Waals surface area contributed by atoms with Crippen molar-refractivity contribution in [2.24, 2.45) is 5.41 Å². The number of amides is 1. The van der Waals surface area contributed by atoms with Gasteiger partial charge >= 0.3 is 23.9 Å². The van der Waals surface area contributed by atoms with E-state index in [0.29, 0.717) is 356 Å². The zero-order chi connectivity index (χ0) is 92.3. The number of carboxylic acid groups (broad SMARTS) is 1. The van der Waals surface area contributed by atoms with E-state index in [1.165, 1.54) is 51.4 Å². The zero-order valence-corrected chi connectivity index (χ0v) is 80.1. The maximum atomic E-state index is 14.3. The normalized spacial score (nSPS) is 11.7. The lowest BCUT2D eigenvalue weighted by molar-refractivity contribution is -0.163. The topological polar surface area (TPSA) is 367 Å². The van der Waals surface area contributed by atoms with Crippen LogP contribution in [-0.2, 0) is 152 Å². The molecule has 0 aliphatic rings. The molecule has 0 atom stereocenters. The molecule has 0 aliphatic heterocycles. The lowest BCUT2D eigenvalue weighted by Crippen LogP contribution is -2.48. The molecule has 0 saturated carbocycles. The Morgan fingerprint density at radius 2 is 0.367 bits per heavy atom. The second kappa shape index (κ2) is 109. The van der Waals surface area contributed by atoms with Crippen molar-refractivity contribution in [1.29, 1.82) is 0 Å². The third-order valence-electron chi connectivity index (χ3n) is 19.6. The van der Waals surface area contributed by atoms with Gasteiger partial charge in [-0.3, -0.25) is 24.0 Å². The second-order valence-electron chi connectivity index (χ2n) is 30.6. The van der Waals surface area contributed by atoms with Crippen LogP contribution in [0, 0.1) is 5.41 Å². The first kappa shape index (κ1) is 124. The fourth-order valence-corrected chi connectivity index (χ4v) is 12.2. The van der Waals surface area contributed by atoms with Crippen LogP contribution >= 0.6 is 0 Å². The second-order valence-corrected chi connectivity index (χ2v) is 30.6. The molecule has 34 nitrogen and oxygen atoms in total. The van der Waals surface area contributed by atoms with Gasteiger partial charge in [-0.1, -0.05) is 168 Å². The number of unbranched alkanes of at least 4 members (excludes halogenated alkanes) is 23. The molecule has 34 heteroatoms. The maximum absolute atomic E-state index is 14.3. The van der Waals surface area contributed by atoms with E-state index in [4.69, 9.17) is 133 Å². The number of carbonyl (C=O) groups excluding carboxylic acids is 4. The van der Waals surface area contributed by atoms with Crippen LogP contribution in [0.25, 0.3) is 0 Å². The molecule has 0 fully saturated rings. The van der Waals surface area contributed by atoms with Crippen molar-refractivity contribution in [1.82, 2.24) is 5.32 Å². The van der Waals surface area contributed by atoms with E-state index >= 15 is 0 Å². The highest BCUT2D eigenvalue weighted by atomic mass is 16.6. The van der Waals surface area contributed by atoms with Crippen LogP contribution in [0.15, 0.2) is 0 Å². The molecule has 0 aromatic rings. The first-order chi connectivity index (χ1) is 63.2. The van der Waals surface area contributed by atoms with Gasteiger partial charge < -0.3 is 138 Å². The van der Waals surface area contributed by atoms with Crippen LogP contribution < -0.4 is 5.32 Å². The van der Waals surface area contributed by atoms with Gasteiger partial charge in [-0.25, -0.2) is 0 Å². The Morgan fingerprint density at radius 3 is 0.562 bits per heavy atom. The molecule has 128 heavy (non-hydrogen) atoms. The van der Waals surface area contributed by atoms with E-state index < -0.39 is 17.4 Å². The van der Waals surface area contributed by atoms with Gasteiger partial charge in [0, 0.05) is 19.4 Å². The van der Waals surface area contributed by atoms with E-state index in [0.717, 1.165) is 128 Å². The van der Waals surface area contributed by atoms with Crippen molar-refractivity contribution < 1.29 is 157 Å². The van der Waals surface area contributed by atoms with Crippen molar-refractivity contribution in [2.45, 2.75) is 233 Å². The summed E-state index contributed by atoms with van der Waals surface area (Å²) in [6, 6.07) is 0. The van der Waals surface area contributed by atoms with Crippen LogP contribution in [0.1, 0.15) is 233 Å². The fourth-order valence-electron chi connectivity index (χ4n) is 12.2. The van der Waals surface area contributed by atoms with E-state index in [1.54, 1.807) is 0 Å². The molecule has 0 unspecified atom stereocenters. The molecule has 760 valence electrons. The van der Waals surface area contributed by atoms with Gasteiger partial charge in [-0.2, -0.15) is 0 Å². The van der Waals surface area contributed by atoms with Gasteiger partial charge in [0.1, 0.15) is 5.41 Å².